The minimum atomic E-state index is 0.0581. The molecule has 2 heterocycles. The largest absolute Gasteiger partial charge is 0.381 e. The Kier molecular flexibility index (Phi) is 3.60. The Morgan fingerprint density at radius 1 is 1.40 bits per heavy atom. The second-order valence-electron chi connectivity index (χ2n) is 4.70. The van der Waals surface area contributed by atoms with Gasteiger partial charge >= 0.3 is 0 Å². The molecule has 1 aromatic heterocycles. The van der Waals surface area contributed by atoms with Crippen molar-refractivity contribution in [3.05, 3.63) is 47.8 Å². The van der Waals surface area contributed by atoms with Gasteiger partial charge in [0.2, 0.25) is 5.91 Å². The van der Waals surface area contributed by atoms with E-state index in [4.69, 9.17) is 0 Å². The number of carbonyl (C=O) groups excluding carboxylic acids is 1. The predicted octanol–water partition coefficient (Wildman–Crippen LogP) is 3.05. The minimum Gasteiger partial charge on any atom is -0.381 e. The lowest BCUT2D eigenvalue weighted by atomic mass is 10.1. The van der Waals surface area contributed by atoms with Crippen molar-refractivity contribution in [3.8, 4) is 0 Å². The van der Waals surface area contributed by atoms with Crippen LogP contribution in [0.2, 0.25) is 0 Å². The SMILES string of the molecule is Cc1ccncc1CNc1ccc2c(c1)NC(=O)CS2. The van der Waals surface area contributed by atoms with Gasteiger partial charge in [-0.1, -0.05) is 0 Å². The fourth-order valence-electron chi connectivity index (χ4n) is 2.07. The van der Waals surface area contributed by atoms with Crippen molar-refractivity contribution in [2.75, 3.05) is 16.4 Å². The van der Waals surface area contributed by atoms with Gasteiger partial charge in [-0.3, -0.25) is 9.78 Å². The van der Waals surface area contributed by atoms with E-state index in [1.807, 2.05) is 30.5 Å². The van der Waals surface area contributed by atoms with Crippen LogP contribution in [0, 0.1) is 6.92 Å². The van der Waals surface area contributed by atoms with Crippen LogP contribution in [0.25, 0.3) is 0 Å². The molecule has 2 aromatic rings. The van der Waals surface area contributed by atoms with Crippen molar-refractivity contribution in [1.82, 2.24) is 4.98 Å². The van der Waals surface area contributed by atoms with Gasteiger partial charge in [-0.15, -0.1) is 11.8 Å². The monoisotopic (exact) mass is 285 g/mol. The lowest BCUT2D eigenvalue weighted by Crippen LogP contribution is -2.18. The predicted molar refractivity (Wildman–Crippen MR) is 82.1 cm³/mol. The van der Waals surface area contributed by atoms with Gasteiger partial charge in [0.15, 0.2) is 0 Å². The van der Waals surface area contributed by atoms with Crippen LogP contribution in [-0.4, -0.2) is 16.6 Å². The highest BCUT2D eigenvalue weighted by Crippen LogP contribution is 2.33. The van der Waals surface area contributed by atoms with Crippen LogP contribution < -0.4 is 10.6 Å². The van der Waals surface area contributed by atoms with Crippen LogP contribution in [0.5, 0.6) is 0 Å². The van der Waals surface area contributed by atoms with E-state index >= 15 is 0 Å². The molecule has 0 spiro atoms. The van der Waals surface area contributed by atoms with Gasteiger partial charge in [0.1, 0.15) is 0 Å². The Morgan fingerprint density at radius 2 is 2.30 bits per heavy atom. The summed E-state index contributed by atoms with van der Waals surface area (Å²) in [4.78, 5) is 16.7. The molecule has 5 heteroatoms. The van der Waals surface area contributed by atoms with Crippen LogP contribution >= 0.6 is 11.8 Å². The number of hydrogen-bond acceptors (Lipinski definition) is 4. The molecule has 0 saturated heterocycles. The van der Waals surface area contributed by atoms with Crippen LogP contribution in [-0.2, 0) is 11.3 Å². The second-order valence-corrected chi connectivity index (χ2v) is 5.72. The van der Waals surface area contributed by atoms with Crippen LogP contribution in [0.3, 0.4) is 0 Å². The summed E-state index contributed by atoms with van der Waals surface area (Å²) in [7, 11) is 0. The van der Waals surface area contributed by atoms with Crippen molar-refractivity contribution in [2.24, 2.45) is 0 Å². The first-order valence-corrected chi connectivity index (χ1v) is 7.41. The van der Waals surface area contributed by atoms with Gasteiger partial charge in [0.05, 0.1) is 11.4 Å². The van der Waals surface area contributed by atoms with Crippen molar-refractivity contribution >= 4 is 29.0 Å². The number of fused-ring (bicyclic) bond motifs is 1. The number of nitrogens with zero attached hydrogens (tertiary/aromatic N) is 1. The number of pyridine rings is 1. The molecule has 0 unspecified atom stereocenters. The normalized spacial score (nSPS) is 13.6. The molecule has 2 N–H and O–H groups in total. The van der Waals surface area contributed by atoms with E-state index in [0.717, 1.165) is 22.8 Å². The first-order valence-electron chi connectivity index (χ1n) is 6.42. The molecule has 0 saturated carbocycles. The van der Waals surface area contributed by atoms with E-state index in [0.29, 0.717) is 5.75 Å². The van der Waals surface area contributed by atoms with E-state index < -0.39 is 0 Å². The van der Waals surface area contributed by atoms with Crippen molar-refractivity contribution < 1.29 is 4.79 Å². The van der Waals surface area contributed by atoms with Gasteiger partial charge in [-0.05, 0) is 42.3 Å². The summed E-state index contributed by atoms with van der Waals surface area (Å²) >= 11 is 1.57. The summed E-state index contributed by atoms with van der Waals surface area (Å²) in [6.07, 6.45) is 3.67. The lowest BCUT2D eigenvalue weighted by Gasteiger charge is -2.17. The molecule has 20 heavy (non-hydrogen) atoms. The number of aromatic nitrogens is 1. The molecule has 0 bridgehead atoms. The summed E-state index contributed by atoms with van der Waals surface area (Å²) in [6, 6.07) is 8.05. The molecular weight excluding hydrogens is 270 g/mol. The number of anilines is 2. The Hall–Kier alpha value is -2.01. The zero-order valence-corrected chi connectivity index (χ0v) is 12.0. The molecule has 4 nitrogen and oxygen atoms in total. The second kappa shape index (κ2) is 5.54. The van der Waals surface area contributed by atoms with E-state index in [1.165, 1.54) is 11.1 Å². The maximum atomic E-state index is 11.4. The minimum absolute atomic E-state index is 0.0581. The molecule has 3 rings (SSSR count). The van der Waals surface area contributed by atoms with Crippen LogP contribution in [0.1, 0.15) is 11.1 Å². The number of rotatable bonds is 3. The molecule has 102 valence electrons. The molecule has 1 aromatic carbocycles. The number of aryl methyl sites for hydroxylation is 1. The highest BCUT2D eigenvalue weighted by molar-refractivity contribution is 8.00. The Balaban J connectivity index is 1.74. The number of carbonyl (C=O) groups is 1. The molecule has 0 radical (unpaired) electrons. The first-order chi connectivity index (χ1) is 9.72. The fourth-order valence-corrected chi connectivity index (χ4v) is 2.86. The van der Waals surface area contributed by atoms with E-state index in [2.05, 4.69) is 22.5 Å². The highest BCUT2D eigenvalue weighted by atomic mass is 32.2. The smallest absolute Gasteiger partial charge is 0.234 e. The van der Waals surface area contributed by atoms with Crippen molar-refractivity contribution in [2.45, 2.75) is 18.4 Å². The van der Waals surface area contributed by atoms with Gasteiger partial charge in [-0.2, -0.15) is 0 Å². The third-order valence-corrected chi connectivity index (χ3v) is 4.32. The van der Waals surface area contributed by atoms with Gasteiger partial charge in [0, 0.05) is 29.5 Å². The average Bonchev–Trinajstić information content (AvgIpc) is 2.46. The number of benzene rings is 1. The molecule has 0 aliphatic carbocycles. The van der Waals surface area contributed by atoms with Crippen molar-refractivity contribution in [1.29, 1.82) is 0 Å². The summed E-state index contributed by atoms with van der Waals surface area (Å²) in [6.45, 7) is 2.79. The van der Waals surface area contributed by atoms with E-state index in [-0.39, 0.29) is 5.91 Å². The first kappa shape index (κ1) is 13.0. The summed E-state index contributed by atoms with van der Waals surface area (Å²) in [5.41, 5.74) is 4.27. The molecule has 1 aliphatic heterocycles. The van der Waals surface area contributed by atoms with Crippen molar-refractivity contribution in [3.63, 3.8) is 0 Å². The maximum Gasteiger partial charge on any atom is 0.234 e. The number of hydrogen-bond donors (Lipinski definition) is 2. The quantitative estimate of drug-likeness (QED) is 0.910. The molecule has 1 amide bonds. The number of amides is 1. The molecular formula is C15H15N3OS. The summed E-state index contributed by atoms with van der Waals surface area (Å²) in [5.74, 6) is 0.553. The van der Waals surface area contributed by atoms with Crippen LogP contribution in [0.4, 0.5) is 11.4 Å². The Morgan fingerprint density at radius 3 is 3.15 bits per heavy atom. The van der Waals surface area contributed by atoms with E-state index in [1.54, 1.807) is 18.0 Å². The Bertz CT molecular complexity index is 657. The third-order valence-electron chi connectivity index (χ3n) is 3.24. The standard InChI is InChI=1S/C15H15N3OS/c1-10-4-5-16-7-11(10)8-17-12-2-3-14-13(6-12)18-15(19)9-20-14/h2-7,17H,8-9H2,1H3,(H,18,19). The zero-order chi connectivity index (χ0) is 13.9. The summed E-state index contributed by atoms with van der Waals surface area (Å²) < 4.78 is 0. The molecule has 0 fully saturated rings. The number of nitrogens with one attached hydrogen (secondary N) is 2. The summed E-state index contributed by atoms with van der Waals surface area (Å²) in [5, 5.41) is 6.26. The fraction of sp³-hybridized carbons (Fsp3) is 0.200. The average molecular weight is 285 g/mol. The van der Waals surface area contributed by atoms with Gasteiger partial charge in [0.25, 0.3) is 0 Å². The third kappa shape index (κ3) is 2.77. The maximum absolute atomic E-state index is 11.4. The van der Waals surface area contributed by atoms with E-state index in [9.17, 15) is 4.79 Å². The highest BCUT2D eigenvalue weighted by Gasteiger charge is 2.15. The van der Waals surface area contributed by atoms with Gasteiger partial charge in [-0.25, -0.2) is 0 Å². The molecule has 1 aliphatic rings. The lowest BCUT2D eigenvalue weighted by molar-refractivity contribution is -0.113. The number of thioether (sulfide) groups is 1. The Labute approximate surface area is 122 Å². The van der Waals surface area contributed by atoms with Gasteiger partial charge < -0.3 is 10.6 Å². The zero-order valence-electron chi connectivity index (χ0n) is 11.1. The molecule has 0 atom stereocenters. The van der Waals surface area contributed by atoms with Crippen LogP contribution in [0.15, 0.2) is 41.6 Å². The topological polar surface area (TPSA) is 54.0 Å².